The maximum Gasteiger partial charge on any atom is 0.338 e. The van der Waals surface area contributed by atoms with Crippen LogP contribution in [0.4, 0.5) is 17.1 Å². The number of pyridine rings is 3. The molecule has 0 aliphatic carbocycles. The first-order chi connectivity index (χ1) is 40.4. The zero-order valence-electron chi connectivity index (χ0n) is 50.3. The average molecular weight is 1250 g/mol. The molecule has 0 radical (unpaired) electrons. The number of nitrogens with one attached hydrogen (secondary N) is 3. The fourth-order valence-corrected chi connectivity index (χ4v) is 12.7. The van der Waals surface area contributed by atoms with Crippen molar-refractivity contribution in [1.82, 2.24) is 15.0 Å². The highest BCUT2D eigenvalue weighted by Crippen LogP contribution is 2.40. The summed E-state index contributed by atoms with van der Waals surface area (Å²) in [4.78, 5) is 49.1. The third kappa shape index (κ3) is 16.7. The van der Waals surface area contributed by atoms with Crippen molar-refractivity contribution in [3.05, 3.63) is 195 Å². The molecule has 3 aromatic heterocycles. The highest BCUT2D eigenvalue weighted by atomic mass is 32.2. The molecule has 3 atom stereocenters. The Labute approximate surface area is 507 Å². The van der Waals surface area contributed by atoms with Crippen LogP contribution in [0.2, 0.25) is 0 Å². The Morgan fingerprint density at radius 3 is 0.862 bits per heavy atom. The number of benzene rings is 3. The molecule has 3 aromatic carbocycles. The van der Waals surface area contributed by atoms with Crippen molar-refractivity contribution in [1.29, 1.82) is 0 Å². The molecule has 24 heteroatoms. The number of rotatable bonds is 15. The fraction of sp³-hybridized carbons (Fsp3) is 0.333. The molecule has 3 aliphatic heterocycles. The molecule has 9 rings (SSSR count). The number of nitrogens with zero attached hydrogens (tertiary/aromatic N) is 3. The maximum atomic E-state index is 12.6. The third-order valence-electron chi connectivity index (χ3n) is 14.2. The molecule has 3 aliphatic rings. The largest absolute Gasteiger partial charge is 0.512 e. The van der Waals surface area contributed by atoms with E-state index >= 15 is 0 Å². The van der Waals surface area contributed by atoms with E-state index in [0.29, 0.717) is 33.8 Å². The molecule has 0 saturated carbocycles. The number of carbonyl (C=O) groups excluding carboxylic acids is 3. The summed E-state index contributed by atoms with van der Waals surface area (Å²) in [5, 5.41) is 30.9. The molecule has 0 saturated heterocycles. The van der Waals surface area contributed by atoms with Gasteiger partial charge < -0.3 is 29.5 Å². The first-order valence-electron chi connectivity index (χ1n) is 27.6. The van der Waals surface area contributed by atoms with E-state index in [1.54, 1.807) is 153 Å². The smallest absolute Gasteiger partial charge is 0.338 e. The van der Waals surface area contributed by atoms with Crippen molar-refractivity contribution < 1.29 is 69.2 Å². The molecular weight excluding hydrogens is 1180 g/mol. The zero-order valence-corrected chi connectivity index (χ0v) is 52.7. The second-order valence-electron chi connectivity index (χ2n) is 23.4. The van der Waals surface area contributed by atoms with E-state index in [-0.39, 0.29) is 68.3 Å². The van der Waals surface area contributed by atoms with Crippen molar-refractivity contribution in [3.63, 3.8) is 0 Å². The maximum absolute atomic E-state index is 12.6. The SMILES string of the molecule is Cc1ccc(S(=O)(=O)Nc2cccc(C(C)C3=C(O)CC(C)(C)OC3=O)c2)nc1.Cc1ccc(S(=O)(=O)Nc2cccc(C(C)C3=C(O)CC(C)(C)OC3=O)c2)nc1.Cc1ccc(S(=O)(=O)Nc2cccc(C(C)C3=C(O)CC(C)(C)OC3=O)c2)nc1. The molecule has 0 amide bonds. The van der Waals surface area contributed by atoms with Gasteiger partial charge in [-0.2, -0.15) is 25.3 Å². The summed E-state index contributed by atoms with van der Waals surface area (Å²) in [6.07, 6.45) is 5.13. The zero-order chi connectivity index (χ0) is 64.2. The van der Waals surface area contributed by atoms with Gasteiger partial charge in [0, 0.05) is 72.7 Å². The van der Waals surface area contributed by atoms with Gasteiger partial charge in [-0.05, 0) is 150 Å². The van der Waals surface area contributed by atoms with Gasteiger partial charge in [0.2, 0.25) is 0 Å². The highest BCUT2D eigenvalue weighted by Gasteiger charge is 2.40. The Bertz CT molecular complexity index is 3630. The van der Waals surface area contributed by atoms with E-state index in [1.807, 2.05) is 20.8 Å². The van der Waals surface area contributed by atoms with Crippen molar-refractivity contribution in [2.24, 2.45) is 0 Å². The number of hydrogen-bond donors (Lipinski definition) is 6. The number of aliphatic hydroxyl groups excluding tert-OH is 3. The monoisotopic (exact) mass is 1250 g/mol. The Kier molecular flexibility index (Phi) is 19.5. The lowest BCUT2D eigenvalue weighted by molar-refractivity contribution is -0.156. The Hall–Kier alpha value is -8.61. The van der Waals surface area contributed by atoms with Gasteiger partial charge in [-0.3, -0.25) is 14.2 Å². The minimum absolute atomic E-state index is 0.00594. The minimum Gasteiger partial charge on any atom is -0.512 e. The van der Waals surface area contributed by atoms with Gasteiger partial charge in [-0.15, -0.1) is 0 Å². The second-order valence-corrected chi connectivity index (χ2v) is 28.3. The minimum atomic E-state index is -3.85. The summed E-state index contributed by atoms with van der Waals surface area (Å²) >= 11 is 0. The summed E-state index contributed by atoms with van der Waals surface area (Å²) in [5.74, 6) is -3.14. The predicted octanol–water partition coefficient (Wildman–Crippen LogP) is 11.5. The summed E-state index contributed by atoms with van der Waals surface area (Å²) in [7, 11) is -11.5. The molecule has 0 bridgehead atoms. The van der Waals surface area contributed by atoms with E-state index < -0.39 is 82.5 Å². The van der Waals surface area contributed by atoms with Gasteiger partial charge in [-0.1, -0.05) is 75.4 Å². The van der Waals surface area contributed by atoms with Gasteiger partial charge >= 0.3 is 17.9 Å². The van der Waals surface area contributed by atoms with Crippen LogP contribution in [-0.2, 0) is 58.7 Å². The van der Waals surface area contributed by atoms with E-state index in [9.17, 15) is 55.0 Å². The third-order valence-corrected chi connectivity index (χ3v) is 18.1. The fourth-order valence-electron chi connectivity index (χ4n) is 9.73. The van der Waals surface area contributed by atoms with Gasteiger partial charge in [0.05, 0.1) is 16.7 Å². The van der Waals surface area contributed by atoms with Crippen LogP contribution in [0, 0.1) is 20.8 Å². The van der Waals surface area contributed by atoms with E-state index in [1.165, 1.54) is 36.8 Å². The van der Waals surface area contributed by atoms with Crippen molar-refractivity contribution in [3.8, 4) is 0 Å². The van der Waals surface area contributed by atoms with Gasteiger partial charge in [-0.25, -0.2) is 29.3 Å². The molecule has 462 valence electrons. The van der Waals surface area contributed by atoms with Crippen LogP contribution < -0.4 is 14.2 Å². The number of sulfonamides is 3. The lowest BCUT2D eigenvalue weighted by Gasteiger charge is -2.32. The van der Waals surface area contributed by atoms with Crippen LogP contribution >= 0.6 is 0 Å². The predicted molar refractivity (Wildman–Crippen MR) is 327 cm³/mol. The molecular formula is C63H72N6O15S3. The number of cyclic esters (lactones) is 3. The number of aromatic nitrogens is 3. The molecule has 0 fully saturated rings. The quantitative estimate of drug-likeness (QED) is 0.0411. The molecule has 6 heterocycles. The number of aryl methyl sites for hydroxylation is 3. The normalized spacial score (nSPS) is 17.6. The summed E-state index contributed by atoms with van der Waals surface area (Å²) < 4.78 is 99.2. The topological polar surface area (TPSA) is 317 Å². The average Bonchev–Trinajstić information content (AvgIpc) is 1.08. The van der Waals surface area contributed by atoms with Gasteiger partial charge in [0.1, 0.15) is 34.1 Å². The number of ether oxygens (including phenoxy) is 3. The number of hydrogen-bond acceptors (Lipinski definition) is 18. The van der Waals surface area contributed by atoms with E-state index in [4.69, 9.17) is 14.2 Å². The molecule has 3 unspecified atom stereocenters. The number of carbonyl (C=O) groups is 3. The standard InChI is InChI=1S/3C21H24N2O5S/c3*1-13-8-9-18(22-12-13)29(26,27)23-16-7-5-6-15(10-16)14(2)19-17(24)11-21(3,4)28-20(19)25/h3*5-10,12,14,23-24H,11H2,1-4H3. The first kappa shape index (κ1) is 65.9. The molecule has 0 spiro atoms. The van der Waals surface area contributed by atoms with Crippen LogP contribution in [0.15, 0.2) is 177 Å². The Balaban J connectivity index is 0.000000186. The second kappa shape index (κ2) is 25.8. The van der Waals surface area contributed by atoms with Crippen LogP contribution in [0.1, 0.15) is 133 Å². The number of esters is 3. The van der Waals surface area contributed by atoms with Crippen LogP contribution in [0.5, 0.6) is 0 Å². The number of anilines is 3. The van der Waals surface area contributed by atoms with Crippen molar-refractivity contribution in [2.45, 2.75) is 152 Å². The van der Waals surface area contributed by atoms with Crippen molar-refractivity contribution in [2.75, 3.05) is 14.2 Å². The van der Waals surface area contributed by atoms with E-state index in [0.717, 1.165) is 16.7 Å². The summed E-state index contributed by atoms with van der Waals surface area (Å²) in [6, 6.07) is 29.4. The van der Waals surface area contributed by atoms with Crippen molar-refractivity contribution >= 4 is 65.0 Å². The lowest BCUT2D eigenvalue weighted by Crippen LogP contribution is -2.35. The first-order valence-corrected chi connectivity index (χ1v) is 32.0. The highest BCUT2D eigenvalue weighted by molar-refractivity contribution is 7.93. The van der Waals surface area contributed by atoms with Gasteiger partial charge in [0.15, 0.2) is 15.1 Å². The number of aliphatic hydroxyl groups is 3. The van der Waals surface area contributed by atoms with E-state index in [2.05, 4.69) is 29.1 Å². The molecule has 6 aromatic rings. The van der Waals surface area contributed by atoms with Crippen LogP contribution in [0.25, 0.3) is 0 Å². The lowest BCUT2D eigenvalue weighted by atomic mass is 9.87. The summed E-state index contributed by atoms with van der Waals surface area (Å²) in [5.41, 5.74) is 3.85. The van der Waals surface area contributed by atoms with Gasteiger partial charge in [0.25, 0.3) is 30.1 Å². The van der Waals surface area contributed by atoms with Crippen LogP contribution in [-0.4, -0.2) is 90.2 Å². The Morgan fingerprint density at radius 2 is 0.655 bits per heavy atom. The molecule has 21 nitrogen and oxygen atoms in total. The Morgan fingerprint density at radius 1 is 0.414 bits per heavy atom. The van der Waals surface area contributed by atoms with Crippen LogP contribution in [0.3, 0.4) is 0 Å². The molecule has 87 heavy (non-hydrogen) atoms. The summed E-state index contributed by atoms with van der Waals surface area (Å²) in [6.45, 7) is 21.2. The molecule has 6 N–H and O–H groups in total.